The highest BCUT2D eigenvalue weighted by molar-refractivity contribution is 6.05. The van der Waals surface area contributed by atoms with E-state index in [9.17, 15) is 14.0 Å². The molecular formula is C22H21FN4O3. The highest BCUT2D eigenvalue weighted by Crippen LogP contribution is 2.26. The summed E-state index contributed by atoms with van der Waals surface area (Å²) >= 11 is 0. The number of aryl methyl sites for hydroxylation is 1. The number of carbonyl (C=O) groups is 2. The molecule has 3 rings (SSSR count). The Hall–Kier alpha value is -3.94. The van der Waals surface area contributed by atoms with Crippen LogP contribution in [-0.4, -0.2) is 31.1 Å². The number of rotatable bonds is 5. The molecule has 0 aliphatic heterocycles. The molecule has 3 amide bonds. The summed E-state index contributed by atoms with van der Waals surface area (Å²) in [5.74, 6) is -0.171. The van der Waals surface area contributed by atoms with Crippen molar-refractivity contribution in [3.63, 3.8) is 0 Å². The number of pyridine rings is 1. The second kappa shape index (κ2) is 9.04. The first-order chi connectivity index (χ1) is 14.4. The Bertz CT molecular complexity index is 1140. The lowest BCUT2D eigenvalue weighted by atomic mass is 10.1. The van der Waals surface area contributed by atoms with E-state index in [0.29, 0.717) is 33.8 Å². The molecular weight excluding hydrogens is 387 g/mol. The Balaban J connectivity index is 1.83. The first kappa shape index (κ1) is 20.8. The first-order valence-electron chi connectivity index (χ1n) is 9.13. The molecule has 0 bridgehead atoms. The number of methoxy groups -OCH3 is 1. The molecule has 154 valence electrons. The average Bonchev–Trinajstić information content (AvgIpc) is 2.72. The van der Waals surface area contributed by atoms with Crippen molar-refractivity contribution in [2.24, 2.45) is 0 Å². The number of ether oxygens (including phenoxy) is 1. The molecule has 7 nitrogen and oxygen atoms in total. The van der Waals surface area contributed by atoms with Crippen LogP contribution in [0.1, 0.15) is 11.3 Å². The summed E-state index contributed by atoms with van der Waals surface area (Å²) in [6.07, 6.45) is 2.95. The van der Waals surface area contributed by atoms with E-state index in [-0.39, 0.29) is 11.4 Å². The van der Waals surface area contributed by atoms with Gasteiger partial charge in [0.25, 0.3) is 0 Å². The van der Waals surface area contributed by atoms with Gasteiger partial charge in [-0.3, -0.25) is 4.79 Å². The van der Waals surface area contributed by atoms with Crippen LogP contribution in [-0.2, 0) is 4.79 Å². The van der Waals surface area contributed by atoms with Gasteiger partial charge in [-0.1, -0.05) is 12.1 Å². The van der Waals surface area contributed by atoms with Crippen molar-refractivity contribution in [2.75, 3.05) is 24.8 Å². The molecule has 0 fully saturated rings. The fourth-order valence-corrected chi connectivity index (χ4v) is 2.92. The van der Waals surface area contributed by atoms with Gasteiger partial charge >= 0.3 is 6.03 Å². The lowest BCUT2D eigenvalue weighted by Gasteiger charge is -2.12. The van der Waals surface area contributed by atoms with Crippen LogP contribution in [0.5, 0.6) is 5.75 Å². The van der Waals surface area contributed by atoms with Gasteiger partial charge < -0.3 is 20.7 Å². The van der Waals surface area contributed by atoms with E-state index in [1.807, 2.05) is 0 Å². The number of benzene rings is 2. The number of hydrogen-bond acceptors (Lipinski definition) is 4. The summed E-state index contributed by atoms with van der Waals surface area (Å²) in [5, 5.41) is 8.46. The summed E-state index contributed by atoms with van der Waals surface area (Å²) < 4.78 is 19.3. The van der Waals surface area contributed by atoms with Gasteiger partial charge in [0.05, 0.1) is 12.8 Å². The third kappa shape index (κ3) is 4.72. The van der Waals surface area contributed by atoms with E-state index in [4.69, 9.17) is 4.74 Å². The largest absolute Gasteiger partial charge is 0.496 e. The molecule has 0 spiro atoms. The van der Waals surface area contributed by atoms with Crippen molar-refractivity contribution in [3.8, 4) is 5.75 Å². The van der Waals surface area contributed by atoms with Crippen molar-refractivity contribution in [1.29, 1.82) is 0 Å². The van der Waals surface area contributed by atoms with Gasteiger partial charge in [-0.25, -0.2) is 14.2 Å². The third-order valence-corrected chi connectivity index (χ3v) is 4.31. The molecule has 8 heteroatoms. The van der Waals surface area contributed by atoms with Gasteiger partial charge in [0.1, 0.15) is 17.1 Å². The number of nitrogens with one attached hydrogen (secondary N) is 3. The zero-order valence-corrected chi connectivity index (χ0v) is 16.7. The van der Waals surface area contributed by atoms with Crippen molar-refractivity contribution in [1.82, 2.24) is 10.3 Å². The number of carbonyl (C=O) groups excluding carboxylic acids is 2. The second-order valence-electron chi connectivity index (χ2n) is 6.43. The second-order valence-corrected chi connectivity index (χ2v) is 6.43. The lowest BCUT2D eigenvalue weighted by molar-refractivity contribution is -0.115. The SMILES string of the molecule is CNC(=O)/C=C/c1cc(NC(=O)Nc2cc(C)nc3c(F)cccc23)ccc1OC. The number of urea groups is 1. The normalized spacial score (nSPS) is 10.8. The summed E-state index contributed by atoms with van der Waals surface area (Å²) in [6, 6.07) is 10.8. The Kier molecular flexibility index (Phi) is 6.26. The minimum absolute atomic E-state index is 0.193. The van der Waals surface area contributed by atoms with Gasteiger partial charge in [-0.05, 0) is 43.3 Å². The minimum atomic E-state index is -0.502. The smallest absolute Gasteiger partial charge is 0.323 e. The molecule has 0 aliphatic carbocycles. The van der Waals surface area contributed by atoms with E-state index in [1.54, 1.807) is 49.4 Å². The van der Waals surface area contributed by atoms with E-state index in [0.717, 1.165) is 0 Å². The van der Waals surface area contributed by atoms with Gasteiger partial charge in [-0.15, -0.1) is 0 Å². The molecule has 0 atom stereocenters. The lowest BCUT2D eigenvalue weighted by Crippen LogP contribution is -2.20. The summed E-state index contributed by atoms with van der Waals surface area (Å²) in [6.45, 7) is 1.73. The number of nitrogens with zero attached hydrogens (tertiary/aromatic N) is 1. The molecule has 2 aromatic carbocycles. The molecule has 0 aliphatic rings. The quantitative estimate of drug-likeness (QED) is 0.555. The molecule has 0 saturated carbocycles. The van der Waals surface area contributed by atoms with Crippen LogP contribution in [0.15, 0.2) is 48.5 Å². The van der Waals surface area contributed by atoms with E-state index in [2.05, 4.69) is 20.9 Å². The molecule has 1 aromatic heterocycles. The predicted octanol–water partition coefficient (Wildman–Crippen LogP) is 4.09. The van der Waals surface area contributed by atoms with E-state index >= 15 is 0 Å². The molecule has 1 heterocycles. The maximum absolute atomic E-state index is 14.1. The number of hydrogen-bond donors (Lipinski definition) is 3. The number of para-hydroxylation sites is 1. The molecule has 30 heavy (non-hydrogen) atoms. The van der Waals surface area contributed by atoms with Crippen LogP contribution in [0.2, 0.25) is 0 Å². The Morgan fingerprint density at radius 3 is 2.67 bits per heavy atom. The number of likely N-dealkylation sites (N-methyl/N-ethyl adjacent to an activating group) is 1. The van der Waals surface area contributed by atoms with Crippen LogP contribution in [0.3, 0.4) is 0 Å². The Morgan fingerprint density at radius 2 is 1.93 bits per heavy atom. The van der Waals surface area contributed by atoms with Crippen LogP contribution >= 0.6 is 0 Å². The first-order valence-corrected chi connectivity index (χ1v) is 9.13. The van der Waals surface area contributed by atoms with Gasteiger partial charge in [0.15, 0.2) is 0 Å². The van der Waals surface area contributed by atoms with Crippen molar-refractivity contribution in [2.45, 2.75) is 6.92 Å². The van der Waals surface area contributed by atoms with Gasteiger partial charge in [-0.2, -0.15) is 0 Å². The molecule has 0 radical (unpaired) electrons. The highest BCUT2D eigenvalue weighted by atomic mass is 19.1. The van der Waals surface area contributed by atoms with Gasteiger partial charge in [0.2, 0.25) is 5.91 Å². The topological polar surface area (TPSA) is 92.4 Å². The molecule has 3 aromatic rings. The van der Waals surface area contributed by atoms with Crippen LogP contribution in [0.4, 0.5) is 20.6 Å². The van der Waals surface area contributed by atoms with Crippen LogP contribution in [0, 0.1) is 12.7 Å². The number of halogens is 1. The van der Waals surface area contributed by atoms with E-state index < -0.39 is 11.8 Å². The Labute approximate surface area is 173 Å². The standard InChI is InChI=1S/C22H21FN4O3/c1-13-11-18(16-5-4-6-17(23)21(16)25-13)27-22(29)26-15-8-9-19(30-3)14(12-15)7-10-20(28)24-2/h4-12H,1-3H3,(H,24,28)(H2,25,26,27,29)/b10-7+. The van der Waals surface area contributed by atoms with Crippen molar-refractivity contribution < 1.29 is 18.7 Å². The van der Waals surface area contributed by atoms with Gasteiger partial charge in [0, 0.05) is 35.5 Å². The minimum Gasteiger partial charge on any atom is -0.496 e. The van der Waals surface area contributed by atoms with Crippen LogP contribution < -0.4 is 20.7 Å². The molecule has 0 unspecified atom stereocenters. The number of amides is 3. The average molecular weight is 408 g/mol. The number of fused-ring (bicyclic) bond motifs is 1. The monoisotopic (exact) mass is 408 g/mol. The fourth-order valence-electron chi connectivity index (χ4n) is 2.92. The van der Waals surface area contributed by atoms with Crippen molar-refractivity contribution in [3.05, 3.63) is 65.6 Å². The zero-order valence-electron chi connectivity index (χ0n) is 16.7. The third-order valence-electron chi connectivity index (χ3n) is 4.31. The fraction of sp³-hybridized carbons (Fsp3) is 0.136. The summed E-state index contributed by atoms with van der Waals surface area (Å²) in [4.78, 5) is 28.2. The van der Waals surface area contributed by atoms with Crippen molar-refractivity contribution >= 4 is 40.3 Å². The number of aromatic nitrogens is 1. The summed E-state index contributed by atoms with van der Waals surface area (Å²) in [5.41, 5.74) is 2.33. The zero-order chi connectivity index (χ0) is 21.7. The Morgan fingerprint density at radius 1 is 1.13 bits per heavy atom. The summed E-state index contributed by atoms with van der Waals surface area (Å²) in [7, 11) is 3.05. The highest BCUT2D eigenvalue weighted by Gasteiger charge is 2.11. The predicted molar refractivity (Wildman–Crippen MR) is 115 cm³/mol. The maximum Gasteiger partial charge on any atom is 0.323 e. The van der Waals surface area contributed by atoms with Crippen LogP contribution in [0.25, 0.3) is 17.0 Å². The maximum atomic E-state index is 14.1. The molecule has 0 saturated heterocycles. The number of anilines is 2. The van der Waals surface area contributed by atoms with E-state index in [1.165, 1.54) is 26.3 Å². The molecule has 3 N–H and O–H groups in total.